The maximum atomic E-state index is 11.9. The molecule has 0 bridgehead atoms. The zero-order valence-electron chi connectivity index (χ0n) is 11.6. The molecule has 0 unspecified atom stereocenters. The van der Waals surface area contributed by atoms with Gasteiger partial charge in [-0.1, -0.05) is 30.3 Å². The van der Waals surface area contributed by atoms with Gasteiger partial charge in [-0.2, -0.15) is 5.26 Å². The van der Waals surface area contributed by atoms with Crippen LogP contribution in [-0.2, 0) is 20.7 Å². The fourth-order valence-electron chi connectivity index (χ4n) is 1.79. The number of amides is 1. The average Bonchev–Trinajstić information content (AvgIpc) is 2.46. The Labute approximate surface area is 118 Å². The monoisotopic (exact) mass is 274 g/mol. The Balaban J connectivity index is 2.62. The molecule has 1 amide bonds. The van der Waals surface area contributed by atoms with E-state index in [1.807, 2.05) is 36.4 Å². The summed E-state index contributed by atoms with van der Waals surface area (Å²) < 4.78 is 4.65. The van der Waals surface area contributed by atoms with Gasteiger partial charge in [0.2, 0.25) is 5.91 Å². The van der Waals surface area contributed by atoms with E-state index in [9.17, 15) is 9.59 Å². The lowest BCUT2D eigenvalue weighted by atomic mass is 10.0. The first-order valence-electron chi connectivity index (χ1n) is 6.37. The smallest absolute Gasteiger partial charge is 0.328 e. The minimum Gasteiger partial charge on any atom is -0.467 e. The normalized spacial score (nSPS) is 12.8. The van der Waals surface area contributed by atoms with Crippen LogP contribution in [0.2, 0.25) is 0 Å². The number of hydrogen-bond acceptors (Lipinski definition) is 4. The van der Waals surface area contributed by atoms with Gasteiger partial charge in [-0.25, -0.2) is 4.79 Å². The van der Waals surface area contributed by atoms with E-state index in [1.54, 1.807) is 6.92 Å². The molecule has 0 heterocycles. The average molecular weight is 274 g/mol. The molecule has 20 heavy (non-hydrogen) atoms. The van der Waals surface area contributed by atoms with Gasteiger partial charge < -0.3 is 10.1 Å². The Kier molecular flexibility index (Phi) is 6.24. The van der Waals surface area contributed by atoms with E-state index in [4.69, 9.17) is 5.26 Å². The molecule has 5 nitrogen and oxygen atoms in total. The fourth-order valence-corrected chi connectivity index (χ4v) is 1.79. The van der Waals surface area contributed by atoms with E-state index >= 15 is 0 Å². The molecule has 0 aliphatic carbocycles. The number of benzene rings is 1. The van der Waals surface area contributed by atoms with Crippen LogP contribution >= 0.6 is 0 Å². The van der Waals surface area contributed by atoms with Gasteiger partial charge in [0.1, 0.15) is 6.04 Å². The molecule has 5 heteroatoms. The molecular formula is C15H18N2O3. The number of rotatable bonds is 6. The number of hydrogen-bond donors (Lipinski definition) is 1. The van der Waals surface area contributed by atoms with E-state index < -0.39 is 12.0 Å². The topological polar surface area (TPSA) is 79.2 Å². The molecule has 0 saturated carbocycles. The van der Waals surface area contributed by atoms with Gasteiger partial charge in [0.15, 0.2) is 0 Å². The number of ether oxygens (including phenoxy) is 1. The first kappa shape index (κ1) is 15.7. The van der Waals surface area contributed by atoms with Crippen LogP contribution in [0.15, 0.2) is 30.3 Å². The summed E-state index contributed by atoms with van der Waals surface area (Å²) in [6.07, 6.45) is 0.430. The molecule has 0 aliphatic rings. The summed E-state index contributed by atoms with van der Waals surface area (Å²) in [5, 5.41) is 11.4. The van der Waals surface area contributed by atoms with Gasteiger partial charge in [0.25, 0.3) is 0 Å². The minimum atomic E-state index is -0.786. The lowest BCUT2D eigenvalue weighted by Crippen LogP contribution is -2.43. The Hall–Kier alpha value is -2.35. The molecule has 0 saturated heterocycles. The van der Waals surface area contributed by atoms with Crippen LogP contribution in [0.5, 0.6) is 0 Å². The molecule has 2 atom stereocenters. The highest BCUT2D eigenvalue weighted by atomic mass is 16.5. The summed E-state index contributed by atoms with van der Waals surface area (Å²) in [4.78, 5) is 23.5. The first-order valence-corrected chi connectivity index (χ1v) is 6.37. The van der Waals surface area contributed by atoms with Crippen LogP contribution < -0.4 is 5.32 Å². The predicted molar refractivity (Wildman–Crippen MR) is 73.5 cm³/mol. The Bertz CT molecular complexity index is 494. The molecule has 1 rings (SSSR count). The van der Waals surface area contributed by atoms with Crippen molar-refractivity contribution < 1.29 is 14.3 Å². The highest BCUT2D eigenvalue weighted by molar-refractivity contribution is 5.85. The number of nitriles is 1. The number of carbonyl (C=O) groups is 2. The van der Waals surface area contributed by atoms with Crippen LogP contribution in [0.25, 0.3) is 0 Å². The van der Waals surface area contributed by atoms with Crippen molar-refractivity contribution in [1.29, 1.82) is 5.26 Å². The fraction of sp³-hybridized carbons (Fsp3) is 0.400. The van der Waals surface area contributed by atoms with Gasteiger partial charge in [0, 0.05) is 5.92 Å². The Morgan fingerprint density at radius 3 is 2.55 bits per heavy atom. The van der Waals surface area contributed by atoms with E-state index in [2.05, 4.69) is 10.1 Å². The van der Waals surface area contributed by atoms with Crippen molar-refractivity contribution in [3.8, 4) is 6.07 Å². The second-order valence-electron chi connectivity index (χ2n) is 4.57. The second kappa shape index (κ2) is 7.95. The molecule has 106 valence electrons. The summed E-state index contributed by atoms with van der Waals surface area (Å²) in [5.74, 6) is -1.14. The lowest BCUT2D eigenvalue weighted by molar-refractivity contribution is -0.145. The standard InChI is InChI=1S/C15H18N2O3/c1-11(10-16)8-13(15(19)20-2)17-14(18)9-12-6-4-3-5-7-12/h3-7,11,13H,8-9H2,1-2H3,(H,17,18)/t11-,13-/m1/s1. The first-order chi connectivity index (χ1) is 9.56. The van der Waals surface area contributed by atoms with Crippen LogP contribution in [0.1, 0.15) is 18.9 Å². The van der Waals surface area contributed by atoms with Crippen molar-refractivity contribution in [2.24, 2.45) is 5.92 Å². The third-order valence-corrected chi connectivity index (χ3v) is 2.84. The highest BCUT2D eigenvalue weighted by Crippen LogP contribution is 2.07. The lowest BCUT2D eigenvalue weighted by Gasteiger charge is -2.17. The van der Waals surface area contributed by atoms with E-state index in [0.29, 0.717) is 0 Å². The summed E-state index contributed by atoms with van der Waals surface area (Å²) in [7, 11) is 1.26. The van der Waals surface area contributed by atoms with Gasteiger partial charge in [-0.15, -0.1) is 0 Å². The largest absolute Gasteiger partial charge is 0.467 e. The Morgan fingerprint density at radius 1 is 1.35 bits per heavy atom. The van der Waals surface area contributed by atoms with Gasteiger partial charge in [0.05, 0.1) is 19.6 Å². The SMILES string of the molecule is COC(=O)[C@@H](C[C@@H](C)C#N)NC(=O)Cc1ccccc1. The summed E-state index contributed by atoms with van der Waals surface area (Å²) in [6, 6.07) is 10.5. The predicted octanol–water partition coefficient (Wildman–Crippen LogP) is 1.44. The van der Waals surface area contributed by atoms with Crippen molar-refractivity contribution >= 4 is 11.9 Å². The molecular weight excluding hydrogens is 256 g/mol. The second-order valence-corrected chi connectivity index (χ2v) is 4.57. The van der Waals surface area contributed by atoms with E-state index in [1.165, 1.54) is 7.11 Å². The van der Waals surface area contributed by atoms with Crippen LogP contribution in [0.3, 0.4) is 0 Å². The van der Waals surface area contributed by atoms with Crippen molar-refractivity contribution in [3.63, 3.8) is 0 Å². The minimum absolute atomic E-state index is 0.190. The quantitative estimate of drug-likeness (QED) is 0.796. The third kappa shape index (κ3) is 5.11. The van der Waals surface area contributed by atoms with Gasteiger partial charge in [-0.05, 0) is 18.9 Å². The molecule has 0 spiro atoms. The van der Waals surface area contributed by atoms with Crippen LogP contribution in [0.4, 0.5) is 0 Å². The van der Waals surface area contributed by atoms with Crippen molar-refractivity contribution in [1.82, 2.24) is 5.32 Å². The molecule has 0 fully saturated rings. The number of methoxy groups -OCH3 is 1. The highest BCUT2D eigenvalue weighted by Gasteiger charge is 2.23. The number of nitrogens with zero attached hydrogens (tertiary/aromatic N) is 1. The third-order valence-electron chi connectivity index (χ3n) is 2.84. The molecule has 0 radical (unpaired) electrons. The van der Waals surface area contributed by atoms with Crippen molar-refractivity contribution in [2.75, 3.05) is 7.11 Å². The molecule has 0 aromatic heterocycles. The van der Waals surface area contributed by atoms with Crippen LogP contribution in [0, 0.1) is 17.2 Å². The maximum absolute atomic E-state index is 11.9. The summed E-state index contributed by atoms with van der Waals surface area (Å²) in [5.41, 5.74) is 0.863. The van der Waals surface area contributed by atoms with Crippen LogP contribution in [-0.4, -0.2) is 25.0 Å². The van der Waals surface area contributed by atoms with Gasteiger partial charge in [-0.3, -0.25) is 4.79 Å². The molecule has 0 aliphatic heterocycles. The molecule has 1 aromatic carbocycles. The number of carbonyl (C=O) groups excluding carboxylic acids is 2. The van der Waals surface area contributed by atoms with Crippen molar-refractivity contribution in [2.45, 2.75) is 25.8 Å². The summed E-state index contributed by atoms with van der Waals surface area (Å²) in [6.45, 7) is 1.69. The van der Waals surface area contributed by atoms with E-state index in [-0.39, 0.29) is 24.7 Å². The zero-order chi connectivity index (χ0) is 15.0. The number of esters is 1. The Morgan fingerprint density at radius 2 is 2.00 bits per heavy atom. The molecule has 1 N–H and O–H groups in total. The van der Waals surface area contributed by atoms with Gasteiger partial charge >= 0.3 is 5.97 Å². The van der Waals surface area contributed by atoms with E-state index in [0.717, 1.165) is 5.56 Å². The maximum Gasteiger partial charge on any atom is 0.328 e. The summed E-state index contributed by atoms with van der Waals surface area (Å²) >= 11 is 0. The van der Waals surface area contributed by atoms with Crippen molar-refractivity contribution in [3.05, 3.63) is 35.9 Å². The number of nitrogens with one attached hydrogen (secondary N) is 1. The zero-order valence-corrected chi connectivity index (χ0v) is 11.6. The molecule has 1 aromatic rings.